The Morgan fingerprint density at radius 3 is 2.62 bits per heavy atom. The fourth-order valence-corrected chi connectivity index (χ4v) is 3.05. The van der Waals surface area contributed by atoms with E-state index in [1.54, 1.807) is 31.3 Å². The zero-order valence-electron chi connectivity index (χ0n) is 18.2. The van der Waals surface area contributed by atoms with Crippen LogP contribution in [0.25, 0.3) is 11.4 Å². The van der Waals surface area contributed by atoms with Crippen LogP contribution in [0, 0.1) is 0 Å². The SMILES string of the molecule is CCOC(=O)CCN(Cc1cccnc1)C(=O)CCc1nc(-c2ccc(OC)cc2)no1. The molecule has 0 fully saturated rings. The zero-order valence-corrected chi connectivity index (χ0v) is 18.2. The van der Waals surface area contributed by atoms with Gasteiger partial charge in [-0.1, -0.05) is 11.2 Å². The monoisotopic (exact) mass is 438 g/mol. The zero-order chi connectivity index (χ0) is 22.8. The molecule has 32 heavy (non-hydrogen) atoms. The fraction of sp³-hybridized carbons (Fsp3) is 0.348. The number of aromatic nitrogens is 3. The van der Waals surface area contributed by atoms with E-state index in [-0.39, 0.29) is 31.3 Å². The molecule has 1 amide bonds. The lowest BCUT2D eigenvalue weighted by Crippen LogP contribution is -2.33. The number of esters is 1. The second-order valence-electron chi connectivity index (χ2n) is 6.97. The van der Waals surface area contributed by atoms with Crippen LogP contribution in [0.3, 0.4) is 0 Å². The van der Waals surface area contributed by atoms with Crippen LogP contribution in [0.5, 0.6) is 5.75 Å². The Kier molecular flexibility index (Phi) is 8.30. The van der Waals surface area contributed by atoms with Gasteiger partial charge in [0.2, 0.25) is 17.6 Å². The fourth-order valence-electron chi connectivity index (χ4n) is 3.05. The van der Waals surface area contributed by atoms with Gasteiger partial charge in [-0.2, -0.15) is 4.98 Å². The summed E-state index contributed by atoms with van der Waals surface area (Å²) in [7, 11) is 1.60. The van der Waals surface area contributed by atoms with Crippen LogP contribution in [-0.4, -0.2) is 52.2 Å². The van der Waals surface area contributed by atoms with Crippen LogP contribution in [-0.2, 0) is 27.3 Å². The predicted molar refractivity (Wildman–Crippen MR) is 116 cm³/mol. The topological polar surface area (TPSA) is 108 Å². The molecule has 0 saturated carbocycles. The largest absolute Gasteiger partial charge is 0.497 e. The molecular formula is C23H26N4O5. The normalized spacial score (nSPS) is 10.6. The van der Waals surface area contributed by atoms with Crippen LogP contribution >= 0.6 is 0 Å². The second kappa shape index (κ2) is 11.6. The van der Waals surface area contributed by atoms with E-state index in [1.807, 2.05) is 36.4 Å². The van der Waals surface area contributed by atoms with E-state index in [2.05, 4.69) is 15.1 Å². The number of nitrogens with zero attached hydrogens (tertiary/aromatic N) is 4. The highest BCUT2D eigenvalue weighted by molar-refractivity contribution is 5.77. The van der Waals surface area contributed by atoms with Crippen LogP contribution in [0.1, 0.15) is 31.2 Å². The van der Waals surface area contributed by atoms with Crippen LogP contribution in [0.15, 0.2) is 53.3 Å². The van der Waals surface area contributed by atoms with Gasteiger partial charge in [-0.25, -0.2) is 0 Å². The minimum Gasteiger partial charge on any atom is -0.497 e. The van der Waals surface area contributed by atoms with Gasteiger partial charge in [0.25, 0.3) is 0 Å². The van der Waals surface area contributed by atoms with E-state index >= 15 is 0 Å². The van der Waals surface area contributed by atoms with E-state index in [9.17, 15) is 9.59 Å². The molecule has 0 bridgehead atoms. The van der Waals surface area contributed by atoms with Crippen molar-refractivity contribution in [2.45, 2.75) is 32.7 Å². The van der Waals surface area contributed by atoms with Gasteiger partial charge in [0, 0.05) is 43.9 Å². The number of ether oxygens (including phenoxy) is 2. The quantitative estimate of drug-likeness (QED) is 0.420. The van der Waals surface area contributed by atoms with Crippen molar-refractivity contribution in [3.05, 3.63) is 60.2 Å². The maximum absolute atomic E-state index is 12.9. The number of pyridine rings is 1. The second-order valence-corrected chi connectivity index (χ2v) is 6.97. The maximum atomic E-state index is 12.9. The average molecular weight is 438 g/mol. The predicted octanol–water partition coefficient (Wildman–Crippen LogP) is 3.05. The number of hydrogen-bond donors (Lipinski definition) is 0. The van der Waals surface area contributed by atoms with E-state index in [0.717, 1.165) is 16.9 Å². The molecule has 2 heterocycles. The highest BCUT2D eigenvalue weighted by atomic mass is 16.5. The van der Waals surface area contributed by atoms with Crippen molar-refractivity contribution in [1.82, 2.24) is 20.0 Å². The Hall–Kier alpha value is -3.75. The summed E-state index contributed by atoms with van der Waals surface area (Å²) in [6, 6.07) is 11.0. The van der Waals surface area contributed by atoms with E-state index < -0.39 is 0 Å². The summed E-state index contributed by atoms with van der Waals surface area (Å²) in [6.07, 6.45) is 3.97. The van der Waals surface area contributed by atoms with Gasteiger partial charge in [-0.15, -0.1) is 0 Å². The summed E-state index contributed by atoms with van der Waals surface area (Å²) >= 11 is 0. The van der Waals surface area contributed by atoms with Crippen molar-refractivity contribution in [3.8, 4) is 17.1 Å². The molecule has 3 aromatic rings. The Labute approximate surface area is 186 Å². The number of carbonyl (C=O) groups excluding carboxylic acids is 2. The molecule has 0 radical (unpaired) electrons. The first-order chi connectivity index (χ1) is 15.6. The van der Waals surface area contributed by atoms with Crippen molar-refractivity contribution in [2.24, 2.45) is 0 Å². The molecule has 0 saturated heterocycles. The molecule has 168 valence electrons. The first kappa shape index (κ1) is 22.9. The van der Waals surface area contributed by atoms with Gasteiger partial charge in [0.1, 0.15) is 5.75 Å². The highest BCUT2D eigenvalue weighted by Gasteiger charge is 2.18. The lowest BCUT2D eigenvalue weighted by atomic mass is 10.2. The number of benzene rings is 1. The molecule has 3 rings (SSSR count). The maximum Gasteiger partial charge on any atom is 0.307 e. The molecule has 0 atom stereocenters. The van der Waals surface area contributed by atoms with Gasteiger partial charge in [0.05, 0.1) is 20.1 Å². The number of hydrogen-bond acceptors (Lipinski definition) is 8. The number of carbonyl (C=O) groups is 2. The number of aryl methyl sites for hydroxylation is 1. The summed E-state index contributed by atoms with van der Waals surface area (Å²) in [6.45, 7) is 2.67. The van der Waals surface area contributed by atoms with Gasteiger partial charge >= 0.3 is 5.97 Å². The Morgan fingerprint density at radius 2 is 1.94 bits per heavy atom. The van der Waals surface area contributed by atoms with E-state index in [4.69, 9.17) is 14.0 Å². The van der Waals surface area contributed by atoms with Crippen LogP contribution in [0.2, 0.25) is 0 Å². The number of rotatable bonds is 11. The van der Waals surface area contributed by atoms with Crippen molar-refractivity contribution < 1.29 is 23.6 Å². The molecule has 0 unspecified atom stereocenters. The van der Waals surface area contributed by atoms with Gasteiger partial charge in [0.15, 0.2) is 0 Å². The van der Waals surface area contributed by atoms with E-state index in [1.165, 1.54) is 0 Å². The lowest BCUT2D eigenvalue weighted by Gasteiger charge is -2.22. The summed E-state index contributed by atoms with van der Waals surface area (Å²) < 4.78 is 15.4. The molecule has 0 N–H and O–H groups in total. The van der Waals surface area contributed by atoms with Crippen molar-refractivity contribution in [3.63, 3.8) is 0 Å². The summed E-state index contributed by atoms with van der Waals surface area (Å²) in [4.78, 5) is 34.7. The van der Waals surface area contributed by atoms with Gasteiger partial charge < -0.3 is 18.9 Å². The molecule has 2 aromatic heterocycles. The summed E-state index contributed by atoms with van der Waals surface area (Å²) in [5, 5.41) is 3.99. The van der Waals surface area contributed by atoms with E-state index in [0.29, 0.717) is 31.3 Å². The van der Waals surface area contributed by atoms with Crippen molar-refractivity contribution >= 4 is 11.9 Å². The average Bonchev–Trinajstić information content (AvgIpc) is 3.30. The molecular weight excluding hydrogens is 412 g/mol. The third kappa shape index (κ3) is 6.63. The smallest absolute Gasteiger partial charge is 0.307 e. The summed E-state index contributed by atoms with van der Waals surface area (Å²) in [5.41, 5.74) is 1.67. The van der Waals surface area contributed by atoms with Gasteiger partial charge in [-0.05, 0) is 42.8 Å². The molecule has 0 aliphatic carbocycles. The molecule has 9 heteroatoms. The Bertz CT molecular complexity index is 1000. The Morgan fingerprint density at radius 1 is 1.12 bits per heavy atom. The summed E-state index contributed by atoms with van der Waals surface area (Å²) in [5.74, 6) is 1.10. The number of methoxy groups -OCH3 is 1. The molecule has 0 aliphatic rings. The molecule has 0 spiro atoms. The standard InChI is InChI=1S/C23H26N4O5/c1-3-31-22(29)12-14-27(16-17-5-4-13-24-15-17)21(28)11-10-20-25-23(26-32-20)18-6-8-19(30-2)9-7-18/h4-9,13,15H,3,10-12,14,16H2,1-2H3. The first-order valence-electron chi connectivity index (χ1n) is 10.4. The molecule has 9 nitrogen and oxygen atoms in total. The first-order valence-corrected chi connectivity index (χ1v) is 10.4. The molecule has 1 aromatic carbocycles. The third-order valence-electron chi connectivity index (χ3n) is 4.71. The lowest BCUT2D eigenvalue weighted by molar-refractivity contribution is -0.144. The van der Waals surface area contributed by atoms with Crippen LogP contribution < -0.4 is 4.74 Å². The van der Waals surface area contributed by atoms with Crippen molar-refractivity contribution in [1.29, 1.82) is 0 Å². The highest BCUT2D eigenvalue weighted by Crippen LogP contribution is 2.20. The minimum atomic E-state index is -0.336. The van der Waals surface area contributed by atoms with Crippen LogP contribution in [0.4, 0.5) is 0 Å². The molecule has 0 aliphatic heterocycles. The number of amides is 1. The third-order valence-corrected chi connectivity index (χ3v) is 4.71. The minimum absolute atomic E-state index is 0.123. The Balaban J connectivity index is 1.60. The van der Waals surface area contributed by atoms with Gasteiger partial charge in [-0.3, -0.25) is 14.6 Å². The van der Waals surface area contributed by atoms with Crippen molar-refractivity contribution in [2.75, 3.05) is 20.3 Å².